The molecule has 1 unspecified atom stereocenters. The minimum absolute atomic E-state index is 0.00847. The van der Waals surface area contributed by atoms with Crippen molar-refractivity contribution in [2.75, 3.05) is 26.4 Å². The van der Waals surface area contributed by atoms with Crippen LogP contribution >= 0.6 is 7.82 Å². The summed E-state index contributed by atoms with van der Waals surface area (Å²) in [5.41, 5.74) is 0. The standard InChI is InChI=1S/C40H73O13P/c1-4-5-14-20-32(42)24-25-36-35(37(44)26-38(36)45)21-16-12-13-18-23-40(47)53-34(30-52-54(48,49)51-28-33(43)27-41)29-50-39(46)22-17-11-9-7-6-8-10-15-19-31(2)3/h12,16,24-25,31-38,41-45H,4-11,13-15,17-23,26-30H2,1-3H3,(H,48,49)/b16-12+,25-24+/t32-,33-,34+,35+,36+,37-,38+/m0/s1. The van der Waals surface area contributed by atoms with Gasteiger partial charge in [0.25, 0.3) is 0 Å². The summed E-state index contributed by atoms with van der Waals surface area (Å²) in [6.07, 6.45) is 18.4. The van der Waals surface area contributed by atoms with Crippen molar-refractivity contribution in [3.63, 3.8) is 0 Å². The molecule has 1 rings (SSSR count). The van der Waals surface area contributed by atoms with Gasteiger partial charge < -0.3 is 39.9 Å². The van der Waals surface area contributed by atoms with Crippen LogP contribution in [0.3, 0.4) is 0 Å². The molecule has 13 nitrogen and oxygen atoms in total. The molecule has 0 aliphatic heterocycles. The van der Waals surface area contributed by atoms with Crippen LogP contribution in [0.25, 0.3) is 0 Å². The molecule has 0 aromatic carbocycles. The van der Waals surface area contributed by atoms with Crippen LogP contribution in [-0.4, -0.2) is 99.3 Å². The molecular weight excluding hydrogens is 719 g/mol. The van der Waals surface area contributed by atoms with Gasteiger partial charge in [0.2, 0.25) is 0 Å². The second kappa shape index (κ2) is 30.5. The van der Waals surface area contributed by atoms with E-state index in [0.29, 0.717) is 32.1 Å². The summed E-state index contributed by atoms with van der Waals surface area (Å²) >= 11 is 0. The van der Waals surface area contributed by atoms with Crippen molar-refractivity contribution in [2.45, 2.75) is 173 Å². The SMILES string of the molecule is CCCCC[C@H](O)/C=C/[C@@H]1[C@@H](C/C=C/CCCC(=O)O[C@H](COC(=O)CCCCCCCCCCC(C)C)COP(=O)(O)OC[C@@H](O)CO)[C@@H](O)C[C@H]1O. The van der Waals surface area contributed by atoms with Crippen molar-refractivity contribution < 1.29 is 63.1 Å². The summed E-state index contributed by atoms with van der Waals surface area (Å²) < 4.78 is 32.6. The first-order chi connectivity index (χ1) is 25.8. The second-order valence-electron chi connectivity index (χ2n) is 15.1. The van der Waals surface area contributed by atoms with Crippen molar-refractivity contribution in [1.82, 2.24) is 0 Å². The summed E-state index contributed by atoms with van der Waals surface area (Å²) in [5.74, 6) is -0.833. The Morgan fingerprint density at radius 2 is 1.43 bits per heavy atom. The number of hydrogen-bond donors (Lipinski definition) is 6. The van der Waals surface area contributed by atoms with Gasteiger partial charge in [-0.3, -0.25) is 18.6 Å². The Labute approximate surface area is 324 Å². The molecule has 0 heterocycles. The Bertz CT molecular complexity index is 1080. The number of phosphoric acid groups is 1. The lowest BCUT2D eigenvalue weighted by Crippen LogP contribution is -2.29. The lowest BCUT2D eigenvalue weighted by atomic mass is 9.89. The zero-order valence-corrected chi connectivity index (χ0v) is 34.1. The fourth-order valence-corrected chi connectivity index (χ4v) is 7.14. The van der Waals surface area contributed by atoms with E-state index in [-0.39, 0.29) is 37.7 Å². The zero-order chi connectivity index (χ0) is 40.2. The van der Waals surface area contributed by atoms with Crippen molar-refractivity contribution in [2.24, 2.45) is 17.8 Å². The van der Waals surface area contributed by atoms with E-state index in [1.807, 2.05) is 18.2 Å². The molecule has 54 heavy (non-hydrogen) atoms. The number of ether oxygens (including phenoxy) is 2. The number of unbranched alkanes of at least 4 members (excludes halogenated alkanes) is 10. The third-order valence-electron chi connectivity index (χ3n) is 9.61. The van der Waals surface area contributed by atoms with E-state index >= 15 is 0 Å². The monoisotopic (exact) mass is 792 g/mol. The summed E-state index contributed by atoms with van der Waals surface area (Å²) in [5, 5.41) is 49.6. The highest BCUT2D eigenvalue weighted by molar-refractivity contribution is 7.47. The number of phosphoric ester groups is 1. The van der Waals surface area contributed by atoms with Crippen molar-refractivity contribution >= 4 is 19.8 Å². The first-order valence-electron chi connectivity index (χ1n) is 20.4. The lowest BCUT2D eigenvalue weighted by molar-refractivity contribution is -0.161. The van der Waals surface area contributed by atoms with E-state index in [9.17, 15) is 39.5 Å². The van der Waals surface area contributed by atoms with Crippen molar-refractivity contribution in [3.05, 3.63) is 24.3 Å². The van der Waals surface area contributed by atoms with Crippen LogP contribution in [0.4, 0.5) is 0 Å². The first kappa shape index (κ1) is 50.3. The predicted molar refractivity (Wildman–Crippen MR) is 207 cm³/mol. The normalized spacial score (nSPS) is 21.8. The third-order valence-corrected chi connectivity index (χ3v) is 10.6. The fraction of sp³-hybridized carbons (Fsp3) is 0.850. The Hall–Kier alpha value is -1.67. The highest BCUT2D eigenvalue weighted by Crippen LogP contribution is 2.43. The fourth-order valence-electron chi connectivity index (χ4n) is 6.35. The van der Waals surface area contributed by atoms with Gasteiger partial charge in [-0.2, -0.15) is 0 Å². The molecule has 8 atom stereocenters. The number of aliphatic hydroxyl groups excluding tert-OH is 5. The van der Waals surface area contributed by atoms with Crippen LogP contribution in [0, 0.1) is 17.8 Å². The Kier molecular flexibility index (Phi) is 28.4. The zero-order valence-electron chi connectivity index (χ0n) is 33.2. The van der Waals surface area contributed by atoms with Gasteiger partial charge in [-0.05, 0) is 43.9 Å². The Morgan fingerprint density at radius 3 is 2.09 bits per heavy atom. The largest absolute Gasteiger partial charge is 0.472 e. The van der Waals surface area contributed by atoms with Crippen molar-refractivity contribution in [3.8, 4) is 0 Å². The van der Waals surface area contributed by atoms with E-state index in [2.05, 4.69) is 25.3 Å². The smallest absolute Gasteiger partial charge is 0.462 e. The first-order valence-corrected chi connectivity index (χ1v) is 21.9. The molecule has 1 aliphatic carbocycles. The van der Waals surface area contributed by atoms with Crippen LogP contribution in [0.15, 0.2) is 24.3 Å². The molecule has 14 heteroatoms. The highest BCUT2D eigenvalue weighted by atomic mass is 31.2. The van der Waals surface area contributed by atoms with Gasteiger partial charge in [0, 0.05) is 25.2 Å². The van der Waals surface area contributed by atoms with Gasteiger partial charge in [-0.15, -0.1) is 0 Å². The number of esters is 2. The molecule has 0 spiro atoms. The van der Waals surface area contributed by atoms with Gasteiger partial charge >= 0.3 is 19.8 Å². The minimum Gasteiger partial charge on any atom is -0.462 e. The van der Waals surface area contributed by atoms with Crippen LogP contribution in [0.1, 0.15) is 143 Å². The summed E-state index contributed by atoms with van der Waals surface area (Å²) in [6, 6.07) is 0. The second-order valence-corrected chi connectivity index (χ2v) is 16.6. The van der Waals surface area contributed by atoms with Crippen LogP contribution in [0.5, 0.6) is 0 Å². The number of carbonyl (C=O) groups excluding carboxylic acids is 2. The molecule has 1 fully saturated rings. The molecule has 6 N–H and O–H groups in total. The van der Waals surface area contributed by atoms with E-state index < -0.39 is 70.1 Å². The van der Waals surface area contributed by atoms with E-state index in [4.69, 9.17) is 19.1 Å². The number of rotatable bonds is 33. The number of aliphatic hydroxyl groups is 5. The third kappa shape index (κ3) is 25.5. The van der Waals surface area contributed by atoms with E-state index in [0.717, 1.165) is 44.4 Å². The summed E-state index contributed by atoms with van der Waals surface area (Å²) in [6.45, 7) is 4.24. The van der Waals surface area contributed by atoms with Crippen LogP contribution in [-0.2, 0) is 32.7 Å². The molecule has 1 saturated carbocycles. The minimum atomic E-state index is -4.68. The highest BCUT2D eigenvalue weighted by Gasteiger charge is 2.39. The molecular formula is C40H73O13P. The predicted octanol–water partition coefficient (Wildman–Crippen LogP) is 6.46. The van der Waals surface area contributed by atoms with Gasteiger partial charge in [-0.1, -0.05) is 116 Å². The molecule has 0 aromatic heterocycles. The number of carbonyl (C=O) groups is 2. The molecule has 316 valence electrons. The van der Waals surface area contributed by atoms with Gasteiger partial charge in [-0.25, -0.2) is 4.57 Å². The number of hydrogen-bond acceptors (Lipinski definition) is 12. The van der Waals surface area contributed by atoms with E-state index in [1.165, 1.54) is 32.1 Å². The van der Waals surface area contributed by atoms with Crippen LogP contribution in [0.2, 0.25) is 0 Å². The lowest BCUT2D eigenvalue weighted by Gasteiger charge is -2.20. The van der Waals surface area contributed by atoms with Crippen molar-refractivity contribution in [1.29, 1.82) is 0 Å². The molecule has 0 amide bonds. The topological polar surface area (TPSA) is 210 Å². The quantitative estimate of drug-likeness (QED) is 0.0183. The molecule has 0 saturated heterocycles. The summed E-state index contributed by atoms with van der Waals surface area (Å²) in [7, 11) is -4.68. The van der Waals surface area contributed by atoms with Gasteiger partial charge in [0.15, 0.2) is 6.10 Å². The molecule has 1 aliphatic rings. The summed E-state index contributed by atoms with van der Waals surface area (Å²) in [4.78, 5) is 35.0. The Morgan fingerprint density at radius 1 is 0.796 bits per heavy atom. The molecule has 0 bridgehead atoms. The van der Waals surface area contributed by atoms with Crippen LogP contribution < -0.4 is 0 Å². The van der Waals surface area contributed by atoms with Gasteiger partial charge in [0.05, 0.1) is 38.1 Å². The maximum absolute atomic E-state index is 12.7. The maximum atomic E-state index is 12.7. The average molecular weight is 793 g/mol. The average Bonchev–Trinajstić information content (AvgIpc) is 3.40. The van der Waals surface area contributed by atoms with E-state index in [1.54, 1.807) is 6.08 Å². The number of allylic oxidation sites excluding steroid dienone is 2. The maximum Gasteiger partial charge on any atom is 0.472 e. The molecule has 0 radical (unpaired) electrons. The van der Waals surface area contributed by atoms with Gasteiger partial charge in [0.1, 0.15) is 12.7 Å². The Balaban J connectivity index is 2.54. The molecule has 0 aromatic rings.